The maximum absolute atomic E-state index is 13.2. The van der Waals surface area contributed by atoms with E-state index in [1.807, 2.05) is 17.0 Å². The number of piperazine rings is 1. The van der Waals surface area contributed by atoms with E-state index in [1.165, 1.54) is 9.87 Å². The number of carbonyl (C=O) groups excluding carboxylic acids is 1. The van der Waals surface area contributed by atoms with Crippen LogP contribution in [-0.2, 0) is 21.4 Å². The topological polar surface area (TPSA) is 70.2 Å². The molecular formula is C23H29N3O4S. The van der Waals surface area contributed by atoms with Crippen molar-refractivity contribution < 1.29 is 17.9 Å². The minimum Gasteiger partial charge on any atom is -0.497 e. The van der Waals surface area contributed by atoms with Crippen LogP contribution in [0.15, 0.2) is 59.5 Å². The summed E-state index contributed by atoms with van der Waals surface area (Å²) in [6, 6.07) is 15.8. The normalized spacial score (nSPS) is 20.7. The van der Waals surface area contributed by atoms with E-state index in [9.17, 15) is 13.2 Å². The summed E-state index contributed by atoms with van der Waals surface area (Å²) in [6.45, 7) is 4.00. The van der Waals surface area contributed by atoms with Crippen LogP contribution < -0.4 is 4.74 Å². The van der Waals surface area contributed by atoms with Gasteiger partial charge in [0.05, 0.1) is 12.0 Å². The Bertz CT molecular complexity index is 987. The maximum Gasteiger partial charge on any atom is 0.243 e. The number of ether oxygens (including phenoxy) is 1. The van der Waals surface area contributed by atoms with Gasteiger partial charge in [-0.3, -0.25) is 9.69 Å². The number of sulfonamides is 1. The standard InChI is InChI=1S/C23H29N3O4S/c1-30-20-11-9-19(10-12-20)18-24-14-16-25(17-15-24)23(27)22-8-5-13-26(22)31(28,29)21-6-3-2-4-7-21/h2-4,6-7,9-12,22H,5,8,13-18H2,1H3. The van der Waals surface area contributed by atoms with Crippen molar-refractivity contribution in [2.24, 2.45) is 0 Å². The molecule has 0 saturated carbocycles. The highest BCUT2D eigenvalue weighted by atomic mass is 32.2. The van der Waals surface area contributed by atoms with Crippen LogP contribution in [0, 0.1) is 0 Å². The summed E-state index contributed by atoms with van der Waals surface area (Å²) in [7, 11) is -2.01. The van der Waals surface area contributed by atoms with Crippen molar-refractivity contribution in [1.29, 1.82) is 0 Å². The van der Waals surface area contributed by atoms with Gasteiger partial charge in [0, 0.05) is 39.3 Å². The van der Waals surface area contributed by atoms with E-state index in [0.29, 0.717) is 32.5 Å². The lowest BCUT2D eigenvalue weighted by Gasteiger charge is -2.37. The fourth-order valence-electron chi connectivity index (χ4n) is 4.33. The Kier molecular flexibility index (Phi) is 6.60. The molecule has 0 bridgehead atoms. The molecule has 0 radical (unpaired) electrons. The smallest absolute Gasteiger partial charge is 0.243 e. The Morgan fingerprint density at radius 3 is 2.29 bits per heavy atom. The number of methoxy groups -OCH3 is 1. The molecule has 2 aliphatic rings. The summed E-state index contributed by atoms with van der Waals surface area (Å²) >= 11 is 0. The van der Waals surface area contributed by atoms with E-state index in [2.05, 4.69) is 17.0 Å². The lowest BCUT2D eigenvalue weighted by atomic mass is 10.1. The van der Waals surface area contributed by atoms with Gasteiger partial charge in [0.1, 0.15) is 11.8 Å². The maximum atomic E-state index is 13.2. The molecular weight excluding hydrogens is 414 g/mol. The van der Waals surface area contributed by atoms with Crippen LogP contribution in [0.2, 0.25) is 0 Å². The largest absolute Gasteiger partial charge is 0.497 e. The zero-order chi connectivity index (χ0) is 21.8. The third-order valence-electron chi connectivity index (χ3n) is 6.09. The van der Waals surface area contributed by atoms with Gasteiger partial charge in [-0.2, -0.15) is 4.31 Å². The fraction of sp³-hybridized carbons (Fsp3) is 0.435. The SMILES string of the molecule is COc1ccc(CN2CCN(C(=O)C3CCCN3S(=O)(=O)c3ccccc3)CC2)cc1. The molecule has 0 aliphatic carbocycles. The number of benzene rings is 2. The van der Waals surface area contributed by atoms with E-state index < -0.39 is 16.1 Å². The van der Waals surface area contributed by atoms with Crippen molar-refractivity contribution in [3.05, 3.63) is 60.2 Å². The molecule has 31 heavy (non-hydrogen) atoms. The summed E-state index contributed by atoms with van der Waals surface area (Å²) in [5.74, 6) is 0.770. The number of rotatable bonds is 6. The molecule has 2 aliphatic heterocycles. The first-order valence-corrected chi connectivity index (χ1v) is 12.1. The van der Waals surface area contributed by atoms with Gasteiger partial charge >= 0.3 is 0 Å². The van der Waals surface area contributed by atoms with Crippen LogP contribution in [0.1, 0.15) is 18.4 Å². The Labute approximate surface area is 184 Å². The van der Waals surface area contributed by atoms with Gasteiger partial charge < -0.3 is 9.64 Å². The summed E-state index contributed by atoms with van der Waals surface area (Å²) in [6.07, 6.45) is 1.29. The predicted molar refractivity (Wildman–Crippen MR) is 118 cm³/mol. The fourth-order valence-corrected chi connectivity index (χ4v) is 6.00. The quantitative estimate of drug-likeness (QED) is 0.685. The second-order valence-electron chi connectivity index (χ2n) is 8.04. The van der Waals surface area contributed by atoms with Crippen LogP contribution in [0.3, 0.4) is 0 Å². The minimum atomic E-state index is -3.66. The van der Waals surface area contributed by atoms with Crippen LogP contribution in [0.5, 0.6) is 5.75 Å². The van der Waals surface area contributed by atoms with Gasteiger partial charge in [-0.05, 0) is 42.7 Å². The molecule has 7 nitrogen and oxygen atoms in total. The molecule has 0 aromatic heterocycles. The molecule has 2 aromatic rings. The molecule has 2 heterocycles. The molecule has 2 saturated heterocycles. The second kappa shape index (κ2) is 9.38. The van der Waals surface area contributed by atoms with Crippen molar-refractivity contribution in [3.8, 4) is 5.75 Å². The second-order valence-corrected chi connectivity index (χ2v) is 9.93. The van der Waals surface area contributed by atoms with Crippen molar-refractivity contribution in [2.45, 2.75) is 30.3 Å². The van der Waals surface area contributed by atoms with Crippen molar-refractivity contribution in [3.63, 3.8) is 0 Å². The highest BCUT2D eigenvalue weighted by Gasteiger charge is 2.41. The summed E-state index contributed by atoms with van der Waals surface area (Å²) in [5, 5.41) is 0. The van der Waals surface area contributed by atoms with E-state index in [0.717, 1.165) is 25.4 Å². The minimum absolute atomic E-state index is 0.0684. The molecule has 2 fully saturated rings. The van der Waals surface area contributed by atoms with Gasteiger partial charge in [-0.25, -0.2) is 8.42 Å². The van der Waals surface area contributed by atoms with Gasteiger partial charge in [-0.15, -0.1) is 0 Å². The molecule has 0 N–H and O–H groups in total. The average molecular weight is 444 g/mol. The van der Waals surface area contributed by atoms with E-state index in [4.69, 9.17) is 4.74 Å². The zero-order valence-corrected chi connectivity index (χ0v) is 18.6. The van der Waals surface area contributed by atoms with Crippen LogP contribution in [-0.4, -0.2) is 74.3 Å². The Balaban J connectivity index is 1.36. The molecule has 2 aromatic carbocycles. The summed E-state index contributed by atoms with van der Waals surface area (Å²) in [4.78, 5) is 17.6. The van der Waals surface area contributed by atoms with Gasteiger partial charge in [-0.1, -0.05) is 30.3 Å². The molecule has 8 heteroatoms. The van der Waals surface area contributed by atoms with Crippen LogP contribution in [0.25, 0.3) is 0 Å². The first kappa shape index (κ1) is 21.8. The number of hydrogen-bond acceptors (Lipinski definition) is 5. The summed E-state index contributed by atoms with van der Waals surface area (Å²) < 4.78 is 32.7. The monoisotopic (exact) mass is 443 g/mol. The molecule has 0 spiro atoms. The lowest BCUT2D eigenvalue weighted by molar-refractivity contribution is -0.136. The van der Waals surface area contributed by atoms with E-state index in [1.54, 1.807) is 37.4 Å². The summed E-state index contributed by atoms with van der Waals surface area (Å²) in [5.41, 5.74) is 1.21. The Morgan fingerprint density at radius 2 is 1.65 bits per heavy atom. The highest BCUT2D eigenvalue weighted by Crippen LogP contribution is 2.27. The van der Waals surface area contributed by atoms with Crippen molar-refractivity contribution >= 4 is 15.9 Å². The van der Waals surface area contributed by atoms with Gasteiger partial charge in [0.2, 0.25) is 15.9 Å². The van der Waals surface area contributed by atoms with Gasteiger partial charge in [0.15, 0.2) is 0 Å². The molecule has 1 amide bonds. The predicted octanol–water partition coefficient (Wildman–Crippen LogP) is 2.19. The van der Waals surface area contributed by atoms with E-state index in [-0.39, 0.29) is 10.8 Å². The number of amides is 1. The number of hydrogen-bond donors (Lipinski definition) is 0. The van der Waals surface area contributed by atoms with Gasteiger partial charge in [0.25, 0.3) is 0 Å². The van der Waals surface area contributed by atoms with Crippen molar-refractivity contribution in [2.75, 3.05) is 39.8 Å². The molecule has 166 valence electrons. The molecule has 1 atom stereocenters. The van der Waals surface area contributed by atoms with Crippen LogP contribution in [0.4, 0.5) is 0 Å². The Hall–Kier alpha value is -2.42. The number of carbonyl (C=O) groups is 1. The lowest BCUT2D eigenvalue weighted by Crippen LogP contribution is -2.54. The zero-order valence-electron chi connectivity index (χ0n) is 17.8. The molecule has 1 unspecified atom stereocenters. The Morgan fingerprint density at radius 1 is 0.968 bits per heavy atom. The third-order valence-corrected chi connectivity index (χ3v) is 8.01. The first-order valence-electron chi connectivity index (χ1n) is 10.7. The number of nitrogens with zero attached hydrogens (tertiary/aromatic N) is 3. The van der Waals surface area contributed by atoms with E-state index >= 15 is 0 Å². The van der Waals surface area contributed by atoms with Crippen molar-refractivity contribution in [1.82, 2.24) is 14.1 Å². The average Bonchev–Trinajstić information content (AvgIpc) is 3.31. The highest BCUT2D eigenvalue weighted by molar-refractivity contribution is 7.89. The molecule has 4 rings (SSSR count). The third kappa shape index (κ3) is 4.76. The van der Waals surface area contributed by atoms with Crippen LogP contribution >= 0.6 is 0 Å². The first-order chi connectivity index (χ1) is 15.0.